The van der Waals surface area contributed by atoms with Crippen LogP contribution in [-0.4, -0.2) is 11.7 Å². The second-order valence-corrected chi connectivity index (χ2v) is 5.64. The van der Waals surface area contributed by atoms with E-state index in [9.17, 15) is 5.11 Å². The zero-order valence-electron chi connectivity index (χ0n) is 10.5. The zero-order chi connectivity index (χ0) is 11.0. The Morgan fingerprint density at radius 1 is 1.07 bits per heavy atom. The molecule has 0 aliphatic heterocycles. The van der Waals surface area contributed by atoms with E-state index in [0.717, 1.165) is 0 Å². The number of aliphatic hydroxyl groups excluding tert-OH is 1. The lowest BCUT2D eigenvalue weighted by Crippen LogP contribution is -2.12. The highest BCUT2D eigenvalue weighted by atomic mass is 16.3. The topological polar surface area (TPSA) is 20.2 Å². The van der Waals surface area contributed by atoms with Gasteiger partial charge in [0.25, 0.3) is 0 Å². The van der Waals surface area contributed by atoms with Crippen LogP contribution < -0.4 is 0 Å². The van der Waals surface area contributed by atoms with Crippen molar-refractivity contribution in [2.24, 2.45) is 11.3 Å². The van der Waals surface area contributed by atoms with E-state index < -0.39 is 0 Å². The third-order valence-electron chi connectivity index (χ3n) is 2.78. The van der Waals surface area contributed by atoms with Crippen molar-refractivity contribution in [2.45, 2.75) is 66.2 Å². The van der Waals surface area contributed by atoms with Gasteiger partial charge in [-0.3, -0.25) is 0 Å². The molecule has 0 unspecified atom stereocenters. The van der Waals surface area contributed by atoms with Crippen LogP contribution in [0.2, 0.25) is 0 Å². The molecule has 0 fully saturated rings. The van der Waals surface area contributed by atoms with Crippen LogP contribution in [0.3, 0.4) is 0 Å². The Hall–Kier alpha value is -0.0400. The van der Waals surface area contributed by atoms with Gasteiger partial charge in [-0.05, 0) is 30.6 Å². The second-order valence-electron chi connectivity index (χ2n) is 5.64. The van der Waals surface area contributed by atoms with Crippen LogP contribution in [0.1, 0.15) is 66.2 Å². The van der Waals surface area contributed by atoms with Crippen molar-refractivity contribution in [3.63, 3.8) is 0 Å². The van der Waals surface area contributed by atoms with Crippen LogP contribution in [0, 0.1) is 11.3 Å². The van der Waals surface area contributed by atoms with Crippen LogP contribution in [-0.2, 0) is 0 Å². The van der Waals surface area contributed by atoms with Crippen LogP contribution >= 0.6 is 0 Å². The van der Waals surface area contributed by atoms with E-state index >= 15 is 0 Å². The lowest BCUT2D eigenvalue weighted by Gasteiger charge is -2.21. The molecule has 0 radical (unpaired) electrons. The van der Waals surface area contributed by atoms with Gasteiger partial charge in [-0.2, -0.15) is 0 Å². The molecule has 0 saturated carbocycles. The second kappa shape index (κ2) is 7.28. The molecule has 1 N–H and O–H groups in total. The van der Waals surface area contributed by atoms with E-state index in [-0.39, 0.29) is 0 Å². The molecule has 0 amide bonds. The Morgan fingerprint density at radius 2 is 1.71 bits per heavy atom. The molecule has 1 nitrogen and oxygen atoms in total. The lowest BCUT2D eigenvalue weighted by molar-refractivity contribution is 0.190. The molecule has 1 atom stereocenters. The largest absolute Gasteiger partial charge is 0.396 e. The minimum atomic E-state index is 0.375. The average Bonchev–Trinajstić information content (AvgIpc) is 2.09. The van der Waals surface area contributed by atoms with Gasteiger partial charge in [0.05, 0.1) is 0 Å². The highest BCUT2D eigenvalue weighted by Gasteiger charge is 2.14. The van der Waals surface area contributed by atoms with Gasteiger partial charge in [0.15, 0.2) is 0 Å². The Balaban J connectivity index is 3.58. The van der Waals surface area contributed by atoms with Gasteiger partial charge in [0.2, 0.25) is 0 Å². The summed E-state index contributed by atoms with van der Waals surface area (Å²) >= 11 is 0. The van der Waals surface area contributed by atoms with Crippen molar-refractivity contribution in [2.75, 3.05) is 6.61 Å². The minimum Gasteiger partial charge on any atom is -0.396 e. The van der Waals surface area contributed by atoms with E-state index in [1.807, 2.05) is 0 Å². The maximum absolute atomic E-state index is 9.22. The fourth-order valence-electron chi connectivity index (χ4n) is 1.65. The van der Waals surface area contributed by atoms with Gasteiger partial charge in [0, 0.05) is 6.61 Å². The van der Waals surface area contributed by atoms with Gasteiger partial charge in [0.1, 0.15) is 0 Å². The monoisotopic (exact) mass is 200 g/mol. The van der Waals surface area contributed by atoms with E-state index in [1.54, 1.807) is 0 Å². The van der Waals surface area contributed by atoms with Crippen LogP contribution in [0.15, 0.2) is 0 Å². The Labute approximate surface area is 89.9 Å². The van der Waals surface area contributed by atoms with E-state index in [4.69, 9.17) is 0 Å². The fraction of sp³-hybridized carbons (Fsp3) is 1.00. The van der Waals surface area contributed by atoms with E-state index in [1.165, 1.54) is 38.5 Å². The summed E-state index contributed by atoms with van der Waals surface area (Å²) in [7, 11) is 0. The first-order chi connectivity index (χ1) is 6.49. The lowest BCUT2D eigenvalue weighted by atomic mass is 9.85. The summed E-state index contributed by atoms with van der Waals surface area (Å²) < 4.78 is 0. The number of hydrogen-bond donors (Lipinski definition) is 1. The van der Waals surface area contributed by atoms with Gasteiger partial charge >= 0.3 is 0 Å². The predicted octanol–water partition coefficient (Wildman–Crippen LogP) is 4.00. The molecule has 0 bridgehead atoms. The SMILES string of the molecule is CCCCC[C@H](CO)CCC(C)(C)C. The number of aliphatic hydroxyl groups is 1. The van der Waals surface area contributed by atoms with Crippen molar-refractivity contribution >= 4 is 0 Å². The minimum absolute atomic E-state index is 0.375. The first kappa shape index (κ1) is 14.0. The molecule has 0 aromatic carbocycles. The van der Waals surface area contributed by atoms with Crippen LogP contribution in [0.5, 0.6) is 0 Å². The summed E-state index contributed by atoms with van der Waals surface area (Å²) in [6.45, 7) is 9.41. The van der Waals surface area contributed by atoms with Gasteiger partial charge < -0.3 is 5.11 Å². The number of hydrogen-bond acceptors (Lipinski definition) is 1. The highest BCUT2D eigenvalue weighted by Crippen LogP contribution is 2.25. The maximum atomic E-state index is 9.22. The average molecular weight is 200 g/mol. The normalized spacial score (nSPS) is 14.4. The first-order valence-electron chi connectivity index (χ1n) is 6.10. The smallest absolute Gasteiger partial charge is 0.0459 e. The highest BCUT2D eigenvalue weighted by molar-refractivity contribution is 4.66. The summed E-state index contributed by atoms with van der Waals surface area (Å²) in [5, 5.41) is 9.22. The van der Waals surface area contributed by atoms with Crippen molar-refractivity contribution in [1.29, 1.82) is 0 Å². The molecule has 0 spiro atoms. The maximum Gasteiger partial charge on any atom is 0.0459 e. The van der Waals surface area contributed by atoms with Gasteiger partial charge in [-0.1, -0.05) is 47.0 Å². The molecule has 86 valence electrons. The standard InChI is InChI=1S/C13H28O/c1-5-6-7-8-12(11-14)9-10-13(2,3)4/h12,14H,5-11H2,1-4H3/t12-/m0/s1. The summed E-state index contributed by atoms with van der Waals surface area (Å²) in [6.07, 6.45) is 7.49. The molecule has 0 saturated heterocycles. The molecule has 1 heteroatoms. The molecule has 0 heterocycles. The van der Waals surface area contributed by atoms with Crippen LogP contribution in [0.4, 0.5) is 0 Å². The molecule has 0 aromatic heterocycles. The summed E-state index contributed by atoms with van der Waals surface area (Å²) in [5.41, 5.74) is 0.415. The molecule has 14 heavy (non-hydrogen) atoms. The summed E-state index contributed by atoms with van der Waals surface area (Å²) in [4.78, 5) is 0. The summed E-state index contributed by atoms with van der Waals surface area (Å²) in [5.74, 6) is 0.542. The summed E-state index contributed by atoms with van der Waals surface area (Å²) in [6, 6.07) is 0. The third kappa shape index (κ3) is 8.55. The molecule has 0 aliphatic carbocycles. The van der Waals surface area contributed by atoms with Gasteiger partial charge in [-0.15, -0.1) is 0 Å². The predicted molar refractivity (Wildman–Crippen MR) is 63.4 cm³/mol. The van der Waals surface area contributed by atoms with Crippen molar-refractivity contribution < 1.29 is 5.11 Å². The van der Waals surface area contributed by atoms with Gasteiger partial charge in [-0.25, -0.2) is 0 Å². The van der Waals surface area contributed by atoms with Crippen molar-refractivity contribution in [1.82, 2.24) is 0 Å². The number of unbranched alkanes of at least 4 members (excludes halogenated alkanes) is 2. The molecule has 0 aromatic rings. The fourth-order valence-corrected chi connectivity index (χ4v) is 1.65. The zero-order valence-corrected chi connectivity index (χ0v) is 10.5. The van der Waals surface area contributed by atoms with E-state index in [0.29, 0.717) is 17.9 Å². The van der Waals surface area contributed by atoms with Crippen molar-refractivity contribution in [3.05, 3.63) is 0 Å². The molecular formula is C13H28O. The number of rotatable bonds is 7. The Bertz CT molecular complexity index is 124. The van der Waals surface area contributed by atoms with Crippen LogP contribution in [0.25, 0.3) is 0 Å². The third-order valence-corrected chi connectivity index (χ3v) is 2.78. The molecule has 0 aliphatic rings. The quantitative estimate of drug-likeness (QED) is 0.616. The molecule has 0 rings (SSSR count). The molecular weight excluding hydrogens is 172 g/mol. The van der Waals surface area contributed by atoms with E-state index in [2.05, 4.69) is 27.7 Å². The Morgan fingerprint density at radius 3 is 2.14 bits per heavy atom. The first-order valence-corrected chi connectivity index (χ1v) is 6.10. The Kier molecular flexibility index (Phi) is 7.26. The van der Waals surface area contributed by atoms with Crippen molar-refractivity contribution in [3.8, 4) is 0 Å².